The first-order valence-corrected chi connectivity index (χ1v) is 8.26. The van der Waals surface area contributed by atoms with Gasteiger partial charge in [-0.25, -0.2) is 22.0 Å². The van der Waals surface area contributed by atoms with Crippen molar-refractivity contribution in [3.8, 4) is 5.75 Å². The molecule has 0 N–H and O–H groups in total. The number of rotatable bonds is 11. The van der Waals surface area contributed by atoms with E-state index in [0.29, 0.717) is 19.3 Å². The third-order valence-corrected chi connectivity index (χ3v) is 3.63. The largest absolute Gasteiger partial charge is 0.489 e. The van der Waals surface area contributed by atoms with Crippen LogP contribution in [0.15, 0.2) is 36.2 Å². The van der Waals surface area contributed by atoms with Crippen molar-refractivity contribution in [2.24, 2.45) is 0 Å². The highest BCUT2D eigenvalue weighted by Crippen LogP contribution is 2.39. The first-order chi connectivity index (χ1) is 12.4. The third-order valence-electron chi connectivity index (χ3n) is 3.63. The van der Waals surface area contributed by atoms with Crippen molar-refractivity contribution >= 4 is 0 Å². The maximum atomic E-state index is 13.4. The van der Waals surface area contributed by atoms with Gasteiger partial charge in [0.05, 0.1) is 18.1 Å². The number of alkyl halides is 5. The lowest BCUT2D eigenvalue weighted by Gasteiger charge is -2.18. The van der Waals surface area contributed by atoms with Crippen molar-refractivity contribution in [2.45, 2.75) is 45.5 Å². The number of benzene rings is 1. The second-order valence-corrected chi connectivity index (χ2v) is 5.59. The smallest absolute Gasteiger partial charge is 0.267 e. The van der Waals surface area contributed by atoms with E-state index in [0.717, 1.165) is 13.0 Å². The zero-order chi connectivity index (χ0) is 19.5. The van der Waals surface area contributed by atoms with Crippen molar-refractivity contribution in [1.29, 1.82) is 0 Å². The van der Waals surface area contributed by atoms with Gasteiger partial charge in [0.2, 0.25) is 0 Å². The lowest BCUT2D eigenvalue weighted by molar-refractivity contribution is 0.119. The zero-order valence-corrected chi connectivity index (χ0v) is 14.5. The van der Waals surface area contributed by atoms with E-state index in [1.807, 2.05) is 0 Å². The molecule has 1 nitrogen and oxygen atoms in total. The van der Waals surface area contributed by atoms with E-state index < -0.39 is 36.5 Å². The summed E-state index contributed by atoms with van der Waals surface area (Å²) in [5, 5.41) is 0. The average Bonchev–Trinajstić information content (AvgIpc) is 2.57. The van der Waals surface area contributed by atoms with Crippen molar-refractivity contribution in [3.05, 3.63) is 52.9 Å². The van der Waals surface area contributed by atoms with Crippen molar-refractivity contribution in [2.75, 3.05) is 13.3 Å². The molecule has 0 aliphatic heterocycles. The molecule has 0 heterocycles. The first-order valence-electron chi connectivity index (χ1n) is 8.26. The van der Waals surface area contributed by atoms with Gasteiger partial charge in [0.25, 0.3) is 12.9 Å². The Kier molecular flexibility index (Phi) is 9.91. The van der Waals surface area contributed by atoms with Crippen molar-refractivity contribution in [1.82, 2.24) is 0 Å². The molecule has 0 spiro atoms. The Morgan fingerprint density at radius 1 is 1.04 bits per heavy atom. The van der Waals surface area contributed by atoms with Crippen LogP contribution in [0, 0.1) is 0 Å². The number of allylic oxidation sites excluding steroid dienone is 3. The molecule has 0 atom stereocenters. The lowest BCUT2D eigenvalue weighted by atomic mass is 9.96. The fourth-order valence-corrected chi connectivity index (χ4v) is 2.40. The van der Waals surface area contributed by atoms with Gasteiger partial charge in [-0.1, -0.05) is 18.2 Å². The van der Waals surface area contributed by atoms with E-state index >= 15 is 0 Å². The Bertz CT molecular complexity index is 606. The highest BCUT2D eigenvalue weighted by atomic mass is 19.3. The Balaban J connectivity index is 3.02. The summed E-state index contributed by atoms with van der Waals surface area (Å²) >= 11 is 0. The van der Waals surface area contributed by atoms with Crippen LogP contribution in [-0.4, -0.2) is 13.3 Å². The van der Waals surface area contributed by atoms with Gasteiger partial charge in [0, 0.05) is 5.56 Å². The van der Waals surface area contributed by atoms with E-state index in [-0.39, 0.29) is 24.3 Å². The number of ether oxygens (including phenoxy) is 1. The molecule has 146 valence electrons. The van der Waals surface area contributed by atoms with Crippen LogP contribution in [0.25, 0.3) is 0 Å². The van der Waals surface area contributed by atoms with E-state index in [2.05, 4.69) is 0 Å². The normalized spacial score (nSPS) is 12.6. The molecule has 0 radical (unpaired) electrons. The molecule has 7 heteroatoms. The van der Waals surface area contributed by atoms with Gasteiger partial charge in [-0.15, -0.1) is 0 Å². The van der Waals surface area contributed by atoms with Crippen LogP contribution in [0.4, 0.5) is 26.3 Å². The molecule has 0 aliphatic rings. The topological polar surface area (TPSA) is 9.23 Å². The molecular weight excluding hydrogens is 358 g/mol. The monoisotopic (exact) mass is 380 g/mol. The summed E-state index contributed by atoms with van der Waals surface area (Å²) in [6.07, 6.45) is -0.329. The van der Waals surface area contributed by atoms with Gasteiger partial charge in [0.15, 0.2) is 0 Å². The Labute approximate surface area is 149 Å². The van der Waals surface area contributed by atoms with Gasteiger partial charge < -0.3 is 4.74 Å². The molecule has 1 aromatic rings. The molecule has 1 rings (SSSR count). The van der Waals surface area contributed by atoms with E-state index in [1.54, 1.807) is 12.2 Å². The minimum Gasteiger partial charge on any atom is -0.489 e. The summed E-state index contributed by atoms with van der Waals surface area (Å²) in [4.78, 5) is 0. The number of hydrogen-bond donors (Lipinski definition) is 0. The number of aryl methyl sites for hydroxylation is 1. The highest BCUT2D eigenvalue weighted by molar-refractivity contribution is 5.47. The number of unbranched alkanes of at least 4 members (excludes halogenated alkanes) is 1. The van der Waals surface area contributed by atoms with Crippen LogP contribution in [0.1, 0.15) is 55.7 Å². The van der Waals surface area contributed by atoms with Crippen molar-refractivity contribution in [3.63, 3.8) is 0 Å². The second kappa shape index (κ2) is 11.6. The quantitative estimate of drug-likeness (QED) is 0.227. The van der Waals surface area contributed by atoms with Gasteiger partial charge in [-0.2, -0.15) is 0 Å². The maximum absolute atomic E-state index is 13.4. The van der Waals surface area contributed by atoms with Crippen LogP contribution in [0.2, 0.25) is 0 Å². The molecule has 0 aromatic heterocycles. The molecule has 1 aromatic carbocycles. The van der Waals surface area contributed by atoms with Gasteiger partial charge in [-0.3, -0.25) is 4.39 Å². The molecule has 0 fully saturated rings. The summed E-state index contributed by atoms with van der Waals surface area (Å²) in [5.74, 6) is -0.941. The fourth-order valence-electron chi connectivity index (χ4n) is 2.40. The molecule has 0 bridgehead atoms. The molecular formula is C19H22F6O. The first kappa shape index (κ1) is 22.1. The Morgan fingerprint density at radius 3 is 2.27 bits per heavy atom. The fraction of sp³-hybridized carbons (Fsp3) is 0.474. The minimum atomic E-state index is -3.15. The van der Waals surface area contributed by atoms with E-state index in [1.165, 1.54) is 12.1 Å². The molecule has 0 unspecified atom stereocenters. The molecule has 26 heavy (non-hydrogen) atoms. The SMILES string of the molecule is C/C(F)=C/COc1ccc(CC/C=C/CCCF)c(C(F)F)c1C(F)F. The van der Waals surface area contributed by atoms with Crippen LogP contribution in [0.3, 0.4) is 0 Å². The highest BCUT2D eigenvalue weighted by Gasteiger charge is 2.27. The standard InChI is InChI=1S/C19H22F6O/c1-13(21)10-12-26-15-9-8-14(7-5-3-2-4-6-11-20)16(18(22)23)17(15)19(24)25/h2-3,8-10,18-19H,4-7,11-12H2,1H3/b3-2+,13-10-. The zero-order valence-electron chi connectivity index (χ0n) is 14.5. The molecule has 0 saturated carbocycles. The summed E-state index contributed by atoms with van der Waals surface area (Å²) in [6.45, 7) is 0.393. The molecule has 0 saturated heterocycles. The number of halogens is 6. The average molecular weight is 380 g/mol. The number of hydrogen-bond acceptors (Lipinski definition) is 1. The third kappa shape index (κ3) is 7.14. The lowest BCUT2D eigenvalue weighted by Crippen LogP contribution is -2.06. The van der Waals surface area contributed by atoms with Crippen LogP contribution in [0.5, 0.6) is 5.75 Å². The van der Waals surface area contributed by atoms with Gasteiger partial charge in [0.1, 0.15) is 12.4 Å². The Morgan fingerprint density at radius 2 is 1.69 bits per heavy atom. The molecule has 0 aliphatic carbocycles. The van der Waals surface area contributed by atoms with E-state index in [4.69, 9.17) is 4.74 Å². The van der Waals surface area contributed by atoms with Gasteiger partial charge >= 0.3 is 0 Å². The molecule has 0 amide bonds. The summed E-state index contributed by atoms with van der Waals surface area (Å²) in [7, 11) is 0. The predicted molar refractivity (Wildman–Crippen MR) is 89.4 cm³/mol. The Hall–Kier alpha value is -1.92. The maximum Gasteiger partial charge on any atom is 0.267 e. The summed E-state index contributed by atoms with van der Waals surface area (Å²) in [5.41, 5.74) is -1.49. The van der Waals surface area contributed by atoms with Crippen LogP contribution in [-0.2, 0) is 6.42 Å². The van der Waals surface area contributed by atoms with Crippen molar-refractivity contribution < 1.29 is 31.1 Å². The minimum absolute atomic E-state index is 0.106. The summed E-state index contributed by atoms with van der Waals surface area (Å²) in [6, 6.07) is 2.53. The van der Waals surface area contributed by atoms with Crippen LogP contribution >= 0.6 is 0 Å². The van der Waals surface area contributed by atoms with E-state index in [9.17, 15) is 26.3 Å². The van der Waals surface area contributed by atoms with Crippen LogP contribution < -0.4 is 4.74 Å². The second-order valence-electron chi connectivity index (χ2n) is 5.59. The predicted octanol–water partition coefficient (Wildman–Crippen LogP) is 7.05. The summed E-state index contributed by atoms with van der Waals surface area (Å²) < 4.78 is 83.3. The van der Waals surface area contributed by atoms with Gasteiger partial charge in [-0.05, 0) is 50.3 Å².